The number of rotatable bonds is 5. The van der Waals surface area contributed by atoms with Crippen molar-refractivity contribution >= 4 is 34.1 Å². The van der Waals surface area contributed by atoms with Crippen LogP contribution in [0.2, 0.25) is 0 Å². The number of nitrogens with zero attached hydrogens (tertiary/aromatic N) is 1. The Morgan fingerprint density at radius 3 is 2.40 bits per heavy atom. The topological polar surface area (TPSA) is 42.0 Å². The number of aromatic nitrogens is 1. The lowest BCUT2D eigenvalue weighted by molar-refractivity contribution is -0.113. The number of carbonyl (C=O) groups is 1. The predicted octanol–water partition coefficient (Wildman–Crippen LogP) is 4.77. The van der Waals surface area contributed by atoms with Crippen LogP contribution in [0.15, 0.2) is 12.1 Å². The molecule has 3 nitrogen and oxygen atoms in total. The van der Waals surface area contributed by atoms with E-state index in [2.05, 4.69) is 10.3 Å². The Labute approximate surface area is 146 Å². The lowest BCUT2D eigenvalue weighted by Gasteiger charge is -2.05. The quantitative estimate of drug-likeness (QED) is 0.736. The number of thiazole rings is 1. The van der Waals surface area contributed by atoms with Crippen LogP contribution in [0.3, 0.4) is 0 Å². The average Bonchev–Trinajstić information content (AvgIpc) is 2.76. The molecule has 0 spiro atoms. The molecule has 11 heteroatoms. The SMILES string of the molecule is Cc1sc(NC(=O)CSCC(F)(F)F)nc1-c1c(F)cc(F)cc1F. The van der Waals surface area contributed by atoms with Gasteiger partial charge in [0.2, 0.25) is 5.91 Å². The van der Waals surface area contributed by atoms with E-state index in [1.807, 2.05) is 0 Å². The lowest BCUT2D eigenvalue weighted by atomic mass is 10.1. The Morgan fingerprint density at radius 1 is 1.24 bits per heavy atom. The Kier molecular flexibility index (Phi) is 5.99. The standard InChI is InChI=1S/C14H10F6N2OS2/c1-6-12(11-8(16)2-7(15)3-9(11)17)22-13(25-6)21-10(23)4-24-5-14(18,19)20/h2-3H,4-5H2,1H3,(H,21,22,23). The van der Waals surface area contributed by atoms with Crippen molar-refractivity contribution in [3.8, 4) is 11.3 Å². The zero-order valence-corrected chi connectivity index (χ0v) is 14.1. The molecule has 0 radical (unpaired) electrons. The first-order chi connectivity index (χ1) is 11.6. The van der Waals surface area contributed by atoms with Gasteiger partial charge in [-0.15, -0.1) is 23.1 Å². The number of hydrogen-bond acceptors (Lipinski definition) is 4. The second-order valence-corrected chi connectivity index (χ2v) is 7.01. The maximum absolute atomic E-state index is 13.8. The fourth-order valence-corrected chi connectivity index (χ4v) is 3.29. The van der Waals surface area contributed by atoms with Crippen molar-refractivity contribution in [1.29, 1.82) is 0 Å². The first-order valence-corrected chi connectivity index (χ1v) is 8.60. The summed E-state index contributed by atoms with van der Waals surface area (Å²) in [6.07, 6.45) is -4.38. The number of alkyl halides is 3. The number of hydrogen-bond donors (Lipinski definition) is 1. The van der Waals surface area contributed by atoms with E-state index in [1.54, 1.807) is 0 Å². The fourth-order valence-electron chi connectivity index (χ4n) is 1.87. The molecule has 1 N–H and O–H groups in total. The van der Waals surface area contributed by atoms with Crippen LogP contribution in [0.4, 0.5) is 31.5 Å². The van der Waals surface area contributed by atoms with Gasteiger partial charge in [0.15, 0.2) is 5.13 Å². The molecule has 1 aromatic heterocycles. The molecule has 0 saturated carbocycles. The first kappa shape index (κ1) is 19.6. The van der Waals surface area contributed by atoms with E-state index in [-0.39, 0.29) is 10.8 Å². The van der Waals surface area contributed by atoms with E-state index >= 15 is 0 Å². The molecule has 25 heavy (non-hydrogen) atoms. The average molecular weight is 400 g/mol. The van der Waals surface area contributed by atoms with Crippen molar-refractivity contribution < 1.29 is 31.1 Å². The molecule has 1 aromatic carbocycles. The highest BCUT2D eigenvalue weighted by atomic mass is 32.2. The van der Waals surface area contributed by atoms with Crippen LogP contribution in [-0.2, 0) is 4.79 Å². The largest absolute Gasteiger partial charge is 0.397 e. The zero-order valence-electron chi connectivity index (χ0n) is 12.5. The molecular formula is C14H10F6N2OS2. The lowest BCUT2D eigenvalue weighted by Crippen LogP contribution is -2.17. The number of aryl methyl sites for hydroxylation is 1. The van der Waals surface area contributed by atoms with Gasteiger partial charge in [-0.05, 0) is 6.92 Å². The van der Waals surface area contributed by atoms with Crippen LogP contribution < -0.4 is 5.32 Å². The van der Waals surface area contributed by atoms with Crippen molar-refractivity contribution in [3.05, 3.63) is 34.5 Å². The normalized spacial score (nSPS) is 11.6. The second kappa shape index (κ2) is 7.65. The van der Waals surface area contributed by atoms with Gasteiger partial charge in [-0.1, -0.05) is 0 Å². The van der Waals surface area contributed by atoms with E-state index in [4.69, 9.17) is 0 Å². The molecular weight excluding hydrogens is 390 g/mol. The third kappa shape index (κ3) is 5.36. The number of nitrogens with one attached hydrogen (secondary N) is 1. The summed E-state index contributed by atoms with van der Waals surface area (Å²) in [5.74, 6) is -5.73. The van der Waals surface area contributed by atoms with Gasteiger partial charge in [0.1, 0.15) is 17.5 Å². The minimum atomic E-state index is -4.38. The predicted molar refractivity (Wildman–Crippen MR) is 84.2 cm³/mol. The summed E-state index contributed by atoms with van der Waals surface area (Å²) in [4.78, 5) is 15.8. The summed E-state index contributed by atoms with van der Waals surface area (Å²) in [5, 5.41) is 2.25. The van der Waals surface area contributed by atoms with E-state index in [0.29, 0.717) is 28.8 Å². The van der Waals surface area contributed by atoms with E-state index in [1.165, 1.54) is 6.92 Å². The van der Waals surface area contributed by atoms with Crippen LogP contribution >= 0.6 is 23.1 Å². The monoisotopic (exact) mass is 400 g/mol. The van der Waals surface area contributed by atoms with Crippen LogP contribution in [0.5, 0.6) is 0 Å². The highest BCUT2D eigenvalue weighted by molar-refractivity contribution is 8.00. The van der Waals surface area contributed by atoms with Gasteiger partial charge in [-0.2, -0.15) is 13.2 Å². The Hall–Kier alpha value is -1.75. The number of carbonyl (C=O) groups excluding carboxylic acids is 1. The minimum absolute atomic E-state index is 0.0202. The van der Waals surface area contributed by atoms with E-state index < -0.39 is 46.6 Å². The molecule has 2 rings (SSSR count). The second-order valence-electron chi connectivity index (χ2n) is 4.82. The fraction of sp³-hybridized carbons (Fsp3) is 0.286. The maximum Gasteiger partial charge on any atom is 0.397 e. The van der Waals surface area contributed by atoms with Crippen molar-refractivity contribution in [2.75, 3.05) is 16.8 Å². The van der Waals surface area contributed by atoms with Gasteiger partial charge in [0, 0.05) is 17.0 Å². The van der Waals surface area contributed by atoms with Gasteiger partial charge >= 0.3 is 6.18 Å². The van der Waals surface area contributed by atoms with Gasteiger partial charge in [0.05, 0.1) is 22.8 Å². The number of benzene rings is 1. The Bertz CT molecular complexity index is 767. The summed E-state index contributed by atoms with van der Waals surface area (Å²) in [7, 11) is 0. The molecule has 0 saturated heterocycles. The molecule has 2 aromatic rings. The molecule has 0 fully saturated rings. The van der Waals surface area contributed by atoms with Crippen LogP contribution in [0, 0.1) is 24.4 Å². The van der Waals surface area contributed by atoms with Crippen molar-refractivity contribution in [3.63, 3.8) is 0 Å². The molecule has 0 unspecified atom stereocenters. The Morgan fingerprint density at radius 2 is 1.84 bits per heavy atom. The number of thioether (sulfide) groups is 1. The molecule has 0 aliphatic heterocycles. The molecule has 0 bridgehead atoms. The zero-order chi connectivity index (χ0) is 18.8. The summed E-state index contributed by atoms with van der Waals surface area (Å²) in [5.41, 5.74) is -0.652. The maximum atomic E-state index is 13.8. The number of amides is 1. The van der Waals surface area contributed by atoms with Crippen molar-refractivity contribution in [2.45, 2.75) is 13.1 Å². The molecule has 0 aliphatic rings. The van der Waals surface area contributed by atoms with Gasteiger partial charge < -0.3 is 5.32 Å². The van der Waals surface area contributed by atoms with Crippen LogP contribution in [0.25, 0.3) is 11.3 Å². The Balaban J connectivity index is 2.12. The number of anilines is 1. The van der Waals surface area contributed by atoms with Gasteiger partial charge in [-0.25, -0.2) is 18.2 Å². The van der Waals surface area contributed by atoms with Crippen molar-refractivity contribution in [2.24, 2.45) is 0 Å². The van der Waals surface area contributed by atoms with E-state index in [0.717, 1.165) is 11.3 Å². The summed E-state index contributed by atoms with van der Waals surface area (Å²) >= 11 is 1.28. The molecule has 1 heterocycles. The van der Waals surface area contributed by atoms with Gasteiger partial charge in [0.25, 0.3) is 0 Å². The molecule has 136 valence electrons. The molecule has 1 amide bonds. The molecule has 0 aliphatic carbocycles. The third-order valence-electron chi connectivity index (χ3n) is 2.79. The van der Waals surface area contributed by atoms with Crippen LogP contribution in [0.1, 0.15) is 4.88 Å². The summed E-state index contributed by atoms with van der Waals surface area (Å²) in [6.45, 7) is 1.49. The van der Waals surface area contributed by atoms with Gasteiger partial charge in [-0.3, -0.25) is 4.79 Å². The van der Waals surface area contributed by atoms with Crippen molar-refractivity contribution in [1.82, 2.24) is 4.98 Å². The first-order valence-electron chi connectivity index (χ1n) is 6.63. The summed E-state index contributed by atoms with van der Waals surface area (Å²) < 4.78 is 76.7. The van der Waals surface area contributed by atoms with Crippen LogP contribution in [-0.4, -0.2) is 28.6 Å². The molecule has 0 atom stereocenters. The highest BCUT2D eigenvalue weighted by Crippen LogP contribution is 2.34. The number of halogens is 6. The highest BCUT2D eigenvalue weighted by Gasteiger charge is 2.27. The van der Waals surface area contributed by atoms with E-state index in [9.17, 15) is 31.1 Å². The smallest absolute Gasteiger partial charge is 0.301 e. The third-order valence-corrected chi connectivity index (χ3v) is 4.67. The minimum Gasteiger partial charge on any atom is -0.301 e. The summed E-state index contributed by atoms with van der Waals surface area (Å²) in [6, 6.07) is 1.01.